The van der Waals surface area contributed by atoms with Crippen LogP contribution in [0.2, 0.25) is 0 Å². The lowest BCUT2D eigenvalue weighted by Gasteiger charge is -2.08. The summed E-state index contributed by atoms with van der Waals surface area (Å²) >= 11 is 0. The molecule has 2 aromatic carbocycles. The molecular weight excluding hydrogens is 321 g/mol. The highest BCUT2D eigenvalue weighted by molar-refractivity contribution is 5.78. The van der Waals surface area contributed by atoms with E-state index < -0.39 is 5.82 Å². The fraction of sp³-hybridized carbons (Fsp3) is 0.0588. The molecule has 0 radical (unpaired) electrons. The molecule has 0 atom stereocenters. The maximum absolute atomic E-state index is 14.0. The van der Waals surface area contributed by atoms with E-state index in [4.69, 9.17) is 12.3 Å². The van der Waals surface area contributed by atoms with E-state index in [9.17, 15) is 4.39 Å². The molecule has 2 aromatic heterocycles. The Bertz CT molecular complexity index is 1150. The molecular formula is C17H12FN7. The molecule has 4 rings (SSSR count). The number of aryl methyl sites for hydroxylation is 1. The van der Waals surface area contributed by atoms with Crippen molar-refractivity contribution in [3.8, 4) is 16.9 Å². The Morgan fingerprint density at radius 3 is 2.76 bits per heavy atom. The van der Waals surface area contributed by atoms with Crippen LogP contribution in [0.25, 0.3) is 32.8 Å². The summed E-state index contributed by atoms with van der Waals surface area (Å²) in [5.74, 6) is -0.271. The molecule has 122 valence electrons. The van der Waals surface area contributed by atoms with Crippen LogP contribution in [0.3, 0.4) is 0 Å². The van der Waals surface area contributed by atoms with E-state index in [-0.39, 0.29) is 5.69 Å². The van der Waals surface area contributed by atoms with E-state index in [1.165, 1.54) is 12.1 Å². The highest BCUT2D eigenvalue weighted by atomic mass is 19.1. The van der Waals surface area contributed by atoms with Gasteiger partial charge in [-0.1, -0.05) is 17.3 Å². The summed E-state index contributed by atoms with van der Waals surface area (Å²) in [4.78, 5) is 3.14. The van der Waals surface area contributed by atoms with E-state index in [1.54, 1.807) is 21.5 Å². The number of benzene rings is 2. The predicted molar refractivity (Wildman–Crippen MR) is 91.7 cm³/mol. The van der Waals surface area contributed by atoms with Gasteiger partial charge in [0.15, 0.2) is 0 Å². The lowest BCUT2D eigenvalue weighted by molar-refractivity contribution is 0.634. The van der Waals surface area contributed by atoms with Gasteiger partial charge in [-0.15, -0.1) is 5.10 Å². The van der Waals surface area contributed by atoms with Crippen LogP contribution in [-0.4, -0.2) is 24.8 Å². The molecule has 0 aliphatic carbocycles. The van der Waals surface area contributed by atoms with Crippen LogP contribution in [0, 0.1) is 12.4 Å². The molecule has 0 fully saturated rings. The van der Waals surface area contributed by atoms with Gasteiger partial charge in [0.1, 0.15) is 17.2 Å². The predicted octanol–water partition coefficient (Wildman–Crippen LogP) is 3.09. The minimum Gasteiger partial charge on any atom is -0.382 e. The molecule has 0 unspecified atom stereocenters. The van der Waals surface area contributed by atoms with Gasteiger partial charge in [-0.2, -0.15) is 5.10 Å². The van der Waals surface area contributed by atoms with Gasteiger partial charge in [-0.25, -0.2) is 18.6 Å². The van der Waals surface area contributed by atoms with Gasteiger partial charge in [0.2, 0.25) is 5.69 Å². The number of hydrogen-bond donors (Lipinski definition) is 1. The highest BCUT2D eigenvalue weighted by Crippen LogP contribution is 2.29. The number of halogens is 1. The number of fused-ring (bicyclic) bond motifs is 1. The summed E-state index contributed by atoms with van der Waals surface area (Å²) in [6.07, 6.45) is 0. The van der Waals surface area contributed by atoms with Crippen molar-refractivity contribution in [3.63, 3.8) is 0 Å². The Morgan fingerprint density at radius 2 is 2.00 bits per heavy atom. The zero-order chi connectivity index (χ0) is 17.6. The molecule has 0 aliphatic heterocycles. The summed E-state index contributed by atoms with van der Waals surface area (Å²) < 4.78 is 17.3. The van der Waals surface area contributed by atoms with Crippen molar-refractivity contribution in [3.05, 3.63) is 59.7 Å². The lowest BCUT2D eigenvalue weighted by Crippen LogP contribution is -2.00. The van der Waals surface area contributed by atoms with Gasteiger partial charge in [0.25, 0.3) is 0 Å². The number of aromatic nitrogens is 5. The lowest BCUT2D eigenvalue weighted by atomic mass is 10.1. The Kier molecular flexibility index (Phi) is 3.22. The van der Waals surface area contributed by atoms with Crippen molar-refractivity contribution in [1.82, 2.24) is 24.8 Å². The first-order valence-electron chi connectivity index (χ1n) is 7.39. The van der Waals surface area contributed by atoms with Gasteiger partial charge in [-0.05, 0) is 24.3 Å². The summed E-state index contributed by atoms with van der Waals surface area (Å²) in [5.41, 5.74) is 9.37. The summed E-state index contributed by atoms with van der Waals surface area (Å²) in [5, 5.41) is 12.4. The van der Waals surface area contributed by atoms with E-state index in [0.717, 1.165) is 16.7 Å². The average Bonchev–Trinajstić information content (AvgIpc) is 3.18. The first-order valence-corrected chi connectivity index (χ1v) is 7.39. The van der Waals surface area contributed by atoms with Crippen molar-refractivity contribution in [2.24, 2.45) is 7.05 Å². The Hall–Kier alpha value is -3.73. The van der Waals surface area contributed by atoms with Gasteiger partial charge in [-0.3, -0.25) is 0 Å². The number of hydrogen-bond acceptors (Lipinski definition) is 4. The molecule has 0 bridgehead atoms. The van der Waals surface area contributed by atoms with Crippen LogP contribution in [0.1, 0.15) is 0 Å². The summed E-state index contributed by atoms with van der Waals surface area (Å²) in [6.45, 7) is 6.95. The molecule has 7 nitrogen and oxygen atoms in total. The molecule has 8 heteroatoms. The Labute approximate surface area is 141 Å². The Balaban J connectivity index is 1.88. The van der Waals surface area contributed by atoms with Gasteiger partial charge in [0.05, 0.1) is 23.5 Å². The topological polar surface area (TPSA) is 78.9 Å². The van der Waals surface area contributed by atoms with E-state index in [2.05, 4.69) is 20.3 Å². The molecule has 0 saturated heterocycles. The SMILES string of the molecule is [C-]#[N+]c1ccc(-c2cc(N)nn2-c2ccc3c(c2)nnn3C)cc1F. The Morgan fingerprint density at radius 1 is 1.16 bits per heavy atom. The van der Waals surface area contributed by atoms with Gasteiger partial charge < -0.3 is 5.73 Å². The third-order valence-electron chi connectivity index (χ3n) is 3.93. The third kappa shape index (κ3) is 2.38. The number of nitrogens with two attached hydrogens (primary N) is 1. The van der Waals surface area contributed by atoms with Crippen LogP contribution in [0.4, 0.5) is 15.9 Å². The second-order valence-electron chi connectivity index (χ2n) is 5.53. The average molecular weight is 333 g/mol. The van der Waals surface area contributed by atoms with Crippen LogP contribution < -0.4 is 5.73 Å². The molecule has 0 aliphatic rings. The highest BCUT2D eigenvalue weighted by Gasteiger charge is 2.14. The molecule has 2 heterocycles. The standard InChI is InChI=1S/C17H12FN7/c1-20-13-5-3-10(7-12(13)18)16-9-17(19)22-25(16)11-4-6-15-14(8-11)21-23-24(15)2/h3-9H,2H3,(H2,19,22). The first kappa shape index (κ1) is 14.8. The fourth-order valence-corrected chi connectivity index (χ4v) is 2.72. The van der Waals surface area contributed by atoms with Crippen molar-refractivity contribution in [2.75, 3.05) is 5.73 Å². The molecule has 0 amide bonds. The smallest absolute Gasteiger partial charge is 0.222 e. The number of nitrogen functional groups attached to an aromatic ring is 1. The fourth-order valence-electron chi connectivity index (χ4n) is 2.72. The number of rotatable bonds is 2. The van der Waals surface area contributed by atoms with Gasteiger partial charge >= 0.3 is 0 Å². The summed E-state index contributed by atoms with van der Waals surface area (Å²) in [7, 11) is 1.81. The quantitative estimate of drug-likeness (QED) is 0.572. The molecule has 2 N–H and O–H groups in total. The van der Waals surface area contributed by atoms with Crippen LogP contribution in [0.15, 0.2) is 42.5 Å². The summed E-state index contributed by atoms with van der Waals surface area (Å²) in [6, 6.07) is 11.7. The zero-order valence-electron chi connectivity index (χ0n) is 13.2. The van der Waals surface area contributed by atoms with Gasteiger partial charge in [0, 0.05) is 18.7 Å². The van der Waals surface area contributed by atoms with Crippen molar-refractivity contribution in [1.29, 1.82) is 0 Å². The second-order valence-corrected chi connectivity index (χ2v) is 5.53. The third-order valence-corrected chi connectivity index (χ3v) is 3.93. The van der Waals surface area contributed by atoms with E-state index in [1.807, 2.05) is 25.2 Å². The molecule has 4 aromatic rings. The maximum atomic E-state index is 14.0. The first-order chi connectivity index (χ1) is 12.1. The van der Waals surface area contributed by atoms with E-state index >= 15 is 0 Å². The molecule has 0 saturated carbocycles. The zero-order valence-corrected chi connectivity index (χ0v) is 13.2. The molecule has 25 heavy (non-hydrogen) atoms. The molecule has 0 spiro atoms. The van der Waals surface area contributed by atoms with Crippen molar-refractivity contribution in [2.45, 2.75) is 0 Å². The normalized spacial score (nSPS) is 10.9. The van der Waals surface area contributed by atoms with Crippen LogP contribution in [0.5, 0.6) is 0 Å². The van der Waals surface area contributed by atoms with Crippen LogP contribution in [-0.2, 0) is 7.05 Å². The van der Waals surface area contributed by atoms with E-state index in [0.29, 0.717) is 17.1 Å². The largest absolute Gasteiger partial charge is 0.382 e. The minimum absolute atomic E-state index is 0.0243. The van der Waals surface area contributed by atoms with Crippen molar-refractivity contribution >= 4 is 22.5 Å². The number of anilines is 1. The number of nitrogens with zero attached hydrogens (tertiary/aromatic N) is 6. The van der Waals surface area contributed by atoms with Crippen LogP contribution >= 0.6 is 0 Å². The minimum atomic E-state index is -0.580. The van der Waals surface area contributed by atoms with Crippen molar-refractivity contribution < 1.29 is 4.39 Å². The monoisotopic (exact) mass is 333 g/mol. The second kappa shape index (κ2) is 5.42. The maximum Gasteiger partial charge on any atom is 0.222 e.